The molecule has 0 unspecified atom stereocenters. The predicted molar refractivity (Wildman–Crippen MR) is 68.6 cm³/mol. The van der Waals surface area contributed by atoms with Gasteiger partial charge in [0.15, 0.2) is 0 Å². The Morgan fingerprint density at radius 3 is 2.19 bits per heavy atom. The van der Waals surface area contributed by atoms with Gasteiger partial charge in [0, 0.05) is 29.0 Å². The summed E-state index contributed by atoms with van der Waals surface area (Å²) in [6.07, 6.45) is 0. The van der Waals surface area contributed by atoms with Gasteiger partial charge in [0.25, 0.3) is 0 Å². The van der Waals surface area contributed by atoms with Crippen LogP contribution in [-0.2, 0) is 6.54 Å². The minimum atomic E-state index is 0.500. The fraction of sp³-hybridized carbons (Fsp3) is 0.0769. The van der Waals surface area contributed by atoms with Gasteiger partial charge >= 0.3 is 0 Å². The minimum absolute atomic E-state index is 0.500. The molecule has 0 aliphatic heterocycles. The van der Waals surface area contributed by atoms with Crippen LogP contribution in [0.4, 0.5) is 11.4 Å². The van der Waals surface area contributed by atoms with Crippen LogP contribution in [0.3, 0.4) is 0 Å². The highest BCUT2D eigenvalue weighted by Crippen LogP contribution is 2.31. The summed E-state index contributed by atoms with van der Waals surface area (Å²) in [5.74, 6) is 0. The van der Waals surface area contributed by atoms with Gasteiger partial charge in [-0.2, -0.15) is 0 Å². The monoisotopic (exact) mass is 213 g/mol. The topological polar surface area (TPSA) is 78.1 Å². The molecule has 2 rings (SSSR count). The van der Waals surface area contributed by atoms with Crippen molar-refractivity contribution in [1.29, 1.82) is 0 Å². The normalized spacial score (nSPS) is 10.3. The third-order valence-electron chi connectivity index (χ3n) is 2.60. The first-order chi connectivity index (χ1) is 7.72. The molecule has 3 heteroatoms. The second-order valence-electron chi connectivity index (χ2n) is 3.71. The smallest absolute Gasteiger partial charge is 0.0394 e. The molecule has 0 spiro atoms. The Bertz CT molecular complexity index is 506. The number of rotatable bonds is 2. The molecule has 2 aromatic carbocycles. The van der Waals surface area contributed by atoms with E-state index in [0.717, 1.165) is 28.1 Å². The molecule has 0 atom stereocenters. The zero-order chi connectivity index (χ0) is 11.5. The first kappa shape index (κ1) is 10.5. The molecule has 82 valence electrons. The third-order valence-corrected chi connectivity index (χ3v) is 2.60. The van der Waals surface area contributed by atoms with Crippen LogP contribution < -0.4 is 17.2 Å². The molecule has 0 amide bonds. The number of benzene rings is 2. The van der Waals surface area contributed by atoms with Crippen LogP contribution in [0.25, 0.3) is 11.1 Å². The average molecular weight is 213 g/mol. The fourth-order valence-electron chi connectivity index (χ4n) is 1.71. The van der Waals surface area contributed by atoms with Gasteiger partial charge in [0.1, 0.15) is 0 Å². The quantitative estimate of drug-likeness (QED) is 0.667. The van der Waals surface area contributed by atoms with Crippen LogP contribution in [0.5, 0.6) is 0 Å². The van der Waals surface area contributed by atoms with Crippen LogP contribution in [-0.4, -0.2) is 0 Å². The Labute approximate surface area is 94.9 Å². The Balaban J connectivity index is 2.59. The molecule has 0 heterocycles. The zero-order valence-corrected chi connectivity index (χ0v) is 8.98. The highest BCUT2D eigenvalue weighted by molar-refractivity contribution is 5.84. The molecule has 0 saturated carbocycles. The van der Waals surface area contributed by atoms with Crippen molar-refractivity contribution in [3.8, 4) is 11.1 Å². The summed E-state index contributed by atoms with van der Waals surface area (Å²) in [5.41, 5.74) is 21.9. The Kier molecular flexibility index (Phi) is 2.79. The van der Waals surface area contributed by atoms with E-state index >= 15 is 0 Å². The molecule has 0 aliphatic carbocycles. The molecule has 0 bridgehead atoms. The maximum atomic E-state index is 5.95. The van der Waals surface area contributed by atoms with Crippen LogP contribution in [0.15, 0.2) is 42.5 Å². The SMILES string of the molecule is NCc1ccc(N)c(-c2ccccc2N)c1. The second-order valence-corrected chi connectivity index (χ2v) is 3.71. The highest BCUT2D eigenvalue weighted by Gasteiger charge is 2.06. The van der Waals surface area contributed by atoms with Crippen LogP contribution in [0, 0.1) is 0 Å². The summed E-state index contributed by atoms with van der Waals surface area (Å²) >= 11 is 0. The largest absolute Gasteiger partial charge is 0.398 e. The average Bonchev–Trinajstić information content (AvgIpc) is 2.31. The van der Waals surface area contributed by atoms with E-state index in [9.17, 15) is 0 Å². The van der Waals surface area contributed by atoms with Gasteiger partial charge in [0.05, 0.1) is 0 Å². The molecule has 0 fully saturated rings. The molecule has 0 radical (unpaired) electrons. The van der Waals surface area contributed by atoms with E-state index in [-0.39, 0.29) is 0 Å². The summed E-state index contributed by atoms with van der Waals surface area (Å²) in [6.45, 7) is 0.500. The van der Waals surface area contributed by atoms with Crippen LogP contribution >= 0.6 is 0 Å². The van der Waals surface area contributed by atoms with Crippen molar-refractivity contribution in [3.63, 3.8) is 0 Å². The van der Waals surface area contributed by atoms with Crippen molar-refractivity contribution >= 4 is 11.4 Å². The zero-order valence-electron chi connectivity index (χ0n) is 8.98. The summed E-state index contributed by atoms with van der Waals surface area (Å²) < 4.78 is 0. The van der Waals surface area contributed by atoms with Crippen LogP contribution in [0.1, 0.15) is 5.56 Å². The molecule has 6 N–H and O–H groups in total. The van der Waals surface area contributed by atoms with Gasteiger partial charge in [-0.1, -0.05) is 24.3 Å². The van der Waals surface area contributed by atoms with E-state index in [1.807, 2.05) is 42.5 Å². The van der Waals surface area contributed by atoms with Gasteiger partial charge in [-0.3, -0.25) is 0 Å². The van der Waals surface area contributed by atoms with Crippen molar-refractivity contribution in [2.45, 2.75) is 6.54 Å². The number of hydrogen-bond acceptors (Lipinski definition) is 3. The van der Waals surface area contributed by atoms with Gasteiger partial charge in [-0.15, -0.1) is 0 Å². The first-order valence-electron chi connectivity index (χ1n) is 5.15. The van der Waals surface area contributed by atoms with E-state index in [1.54, 1.807) is 0 Å². The molecule has 2 aromatic rings. The highest BCUT2D eigenvalue weighted by atomic mass is 14.6. The van der Waals surface area contributed by atoms with Gasteiger partial charge in [0.2, 0.25) is 0 Å². The van der Waals surface area contributed by atoms with E-state index < -0.39 is 0 Å². The molecule has 0 aromatic heterocycles. The molecule has 0 aliphatic rings. The second kappa shape index (κ2) is 4.24. The lowest BCUT2D eigenvalue weighted by molar-refractivity contribution is 1.07. The number of anilines is 2. The summed E-state index contributed by atoms with van der Waals surface area (Å²) in [6, 6.07) is 13.5. The predicted octanol–water partition coefficient (Wildman–Crippen LogP) is 1.98. The van der Waals surface area contributed by atoms with Crippen molar-refractivity contribution in [1.82, 2.24) is 0 Å². The molecule has 3 nitrogen and oxygen atoms in total. The molecular weight excluding hydrogens is 198 g/mol. The maximum Gasteiger partial charge on any atom is 0.0394 e. The minimum Gasteiger partial charge on any atom is -0.398 e. The van der Waals surface area contributed by atoms with Gasteiger partial charge in [-0.25, -0.2) is 0 Å². The summed E-state index contributed by atoms with van der Waals surface area (Å²) in [7, 11) is 0. The lowest BCUT2D eigenvalue weighted by Gasteiger charge is -2.10. The van der Waals surface area contributed by atoms with Gasteiger partial charge in [-0.05, 0) is 23.8 Å². The Morgan fingerprint density at radius 1 is 0.812 bits per heavy atom. The first-order valence-corrected chi connectivity index (χ1v) is 5.15. The molecular formula is C13H15N3. The number of hydrogen-bond donors (Lipinski definition) is 3. The van der Waals surface area contributed by atoms with E-state index in [0.29, 0.717) is 6.54 Å². The Morgan fingerprint density at radius 2 is 1.50 bits per heavy atom. The van der Waals surface area contributed by atoms with Crippen LogP contribution in [0.2, 0.25) is 0 Å². The molecule has 16 heavy (non-hydrogen) atoms. The van der Waals surface area contributed by atoms with Crippen molar-refractivity contribution in [2.24, 2.45) is 5.73 Å². The number of nitrogen functional groups attached to an aromatic ring is 2. The van der Waals surface area contributed by atoms with Crippen molar-refractivity contribution < 1.29 is 0 Å². The Hall–Kier alpha value is -2.00. The van der Waals surface area contributed by atoms with Crippen molar-refractivity contribution in [3.05, 3.63) is 48.0 Å². The lowest BCUT2D eigenvalue weighted by Crippen LogP contribution is -1.99. The number of para-hydroxylation sites is 1. The lowest BCUT2D eigenvalue weighted by atomic mass is 10.00. The van der Waals surface area contributed by atoms with E-state index in [4.69, 9.17) is 17.2 Å². The fourth-order valence-corrected chi connectivity index (χ4v) is 1.71. The van der Waals surface area contributed by atoms with E-state index in [2.05, 4.69) is 0 Å². The summed E-state index contributed by atoms with van der Waals surface area (Å²) in [5, 5.41) is 0. The van der Waals surface area contributed by atoms with E-state index in [1.165, 1.54) is 0 Å². The van der Waals surface area contributed by atoms with Crippen molar-refractivity contribution in [2.75, 3.05) is 11.5 Å². The number of nitrogens with two attached hydrogens (primary N) is 3. The summed E-state index contributed by atoms with van der Waals surface area (Å²) in [4.78, 5) is 0. The van der Waals surface area contributed by atoms with Gasteiger partial charge < -0.3 is 17.2 Å². The maximum absolute atomic E-state index is 5.95. The molecule has 0 saturated heterocycles. The third kappa shape index (κ3) is 1.85. The standard InChI is InChI=1S/C13H15N3/c14-8-9-5-6-13(16)11(7-9)10-3-1-2-4-12(10)15/h1-7H,8,14-16H2.